The van der Waals surface area contributed by atoms with Crippen molar-refractivity contribution < 1.29 is 14.0 Å². The zero-order valence-electron chi connectivity index (χ0n) is 15.1. The first-order chi connectivity index (χ1) is 10.3. The van der Waals surface area contributed by atoms with Crippen LogP contribution in [0.25, 0.3) is 0 Å². The Bertz CT molecular complexity index is 501. The van der Waals surface area contributed by atoms with Gasteiger partial charge in [0.05, 0.1) is 27.7 Å². The molecule has 4 nitrogen and oxygen atoms in total. The fourth-order valence-electron chi connectivity index (χ4n) is 2.74. The fourth-order valence-corrected chi connectivity index (χ4v) is 2.74. The zero-order chi connectivity index (χ0) is 16.9. The summed E-state index contributed by atoms with van der Waals surface area (Å²) < 4.78 is 5.98. The quantitative estimate of drug-likeness (QED) is 0.783. The van der Waals surface area contributed by atoms with Crippen molar-refractivity contribution in [2.24, 2.45) is 0 Å². The molecular weight excluding hydrogens is 276 g/mol. The summed E-state index contributed by atoms with van der Waals surface area (Å²) in [5, 5.41) is 3.15. The van der Waals surface area contributed by atoms with Crippen LogP contribution in [0.4, 0.5) is 5.69 Å². The molecule has 1 atom stereocenters. The Hall–Kier alpha value is -1.55. The monoisotopic (exact) mass is 307 g/mol. The van der Waals surface area contributed by atoms with Crippen LogP contribution >= 0.6 is 0 Å². The third-order valence-corrected chi connectivity index (χ3v) is 4.51. The maximum absolute atomic E-state index is 12.8. The van der Waals surface area contributed by atoms with E-state index in [9.17, 15) is 4.79 Å². The molecule has 0 aromatic heterocycles. The molecule has 124 valence electrons. The van der Waals surface area contributed by atoms with Gasteiger partial charge in [-0.15, -0.1) is 0 Å². The van der Waals surface area contributed by atoms with E-state index >= 15 is 0 Å². The summed E-state index contributed by atoms with van der Waals surface area (Å²) in [6.45, 7) is 9.18. The first-order valence-electron chi connectivity index (χ1n) is 8.05. The lowest BCUT2D eigenvalue weighted by atomic mass is 10.0. The predicted molar refractivity (Wildman–Crippen MR) is 92.4 cm³/mol. The number of hydrogen-bond donors (Lipinski definition) is 1. The second kappa shape index (κ2) is 7.63. The number of nitrogens with one attached hydrogen (secondary N) is 1. The van der Waals surface area contributed by atoms with Gasteiger partial charge in [0.2, 0.25) is 0 Å². The first-order valence-corrected chi connectivity index (χ1v) is 8.05. The summed E-state index contributed by atoms with van der Waals surface area (Å²) in [5.74, 6) is 0.924. The van der Waals surface area contributed by atoms with E-state index in [4.69, 9.17) is 4.74 Å². The number of carbonyl (C=O) groups is 1. The van der Waals surface area contributed by atoms with Crippen LogP contribution < -0.4 is 10.1 Å². The van der Waals surface area contributed by atoms with E-state index in [0.717, 1.165) is 42.0 Å². The number of likely N-dealkylation sites (N-methyl/N-ethyl adjacent to an activating group) is 1. The first kappa shape index (κ1) is 18.5. The van der Waals surface area contributed by atoms with Crippen LogP contribution in [0.2, 0.25) is 0 Å². The molecule has 1 aromatic carbocycles. The van der Waals surface area contributed by atoms with Crippen LogP contribution in [-0.4, -0.2) is 44.2 Å². The van der Waals surface area contributed by atoms with E-state index in [2.05, 4.69) is 33.3 Å². The van der Waals surface area contributed by atoms with Crippen molar-refractivity contribution >= 4 is 11.6 Å². The lowest BCUT2D eigenvalue weighted by molar-refractivity contribution is -0.904. The van der Waals surface area contributed by atoms with Crippen molar-refractivity contribution in [2.75, 3.05) is 33.1 Å². The maximum atomic E-state index is 12.8. The Morgan fingerprint density at radius 3 is 2.18 bits per heavy atom. The lowest BCUT2D eigenvalue weighted by Crippen LogP contribution is -2.54. The Morgan fingerprint density at radius 1 is 1.23 bits per heavy atom. The number of benzene rings is 1. The van der Waals surface area contributed by atoms with Crippen LogP contribution in [0.1, 0.15) is 37.8 Å². The average Bonchev–Trinajstić information content (AvgIpc) is 2.47. The minimum absolute atomic E-state index is 0.0316. The molecule has 0 spiro atoms. The Kier molecular flexibility index (Phi) is 6.42. The van der Waals surface area contributed by atoms with Gasteiger partial charge < -0.3 is 14.5 Å². The average molecular weight is 307 g/mol. The summed E-state index contributed by atoms with van der Waals surface area (Å²) in [4.78, 5) is 12.8. The van der Waals surface area contributed by atoms with Crippen LogP contribution in [0, 0.1) is 13.8 Å². The molecule has 0 saturated heterocycles. The van der Waals surface area contributed by atoms with Crippen molar-refractivity contribution in [3.63, 3.8) is 0 Å². The summed E-state index contributed by atoms with van der Waals surface area (Å²) in [5.41, 5.74) is 2.97. The molecule has 0 saturated carbocycles. The molecule has 0 heterocycles. The van der Waals surface area contributed by atoms with Crippen molar-refractivity contribution in [3.8, 4) is 5.75 Å². The van der Waals surface area contributed by atoms with E-state index in [0.29, 0.717) is 4.48 Å². The third kappa shape index (κ3) is 4.23. The maximum Gasteiger partial charge on any atom is 0.282 e. The standard InChI is InChI=1S/C18H30N2O2/c1-8-10-16(20(5,6)9-2)18(21)19-17-13(3)11-15(22-7)12-14(17)4/h11-12,16H,8-10H2,1-7H3/p+1. The molecular formula is C18H31N2O2+. The number of methoxy groups -OCH3 is 1. The predicted octanol–water partition coefficient (Wildman–Crippen LogP) is 3.52. The summed E-state index contributed by atoms with van der Waals surface area (Å²) in [6.07, 6.45) is 1.89. The number of quaternary nitrogens is 1. The van der Waals surface area contributed by atoms with Gasteiger partial charge in [-0.05, 0) is 50.5 Å². The minimum atomic E-state index is -0.0316. The number of ether oxygens (including phenoxy) is 1. The molecule has 4 heteroatoms. The number of amides is 1. The summed E-state index contributed by atoms with van der Waals surface area (Å²) in [7, 11) is 5.90. The summed E-state index contributed by atoms with van der Waals surface area (Å²) in [6, 6.07) is 3.88. The van der Waals surface area contributed by atoms with Gasteiger partial charge in [0.1, 0.15) is 5.75 Å². The fraction of sp³-hybridized carbons (Fsp3) is 0.611. The molecule has 0 bridgehead atoms. The third-order valence-electron chi connectivity index (χ3n) is 4.51. The number of carbonyl (C=O) groups excluding carboxylic acids is 1. The number of rotatable bonds is 7. The van der Waals surface area contributed by atoms with E-state index in [1.54, 1.807) is 7.11 Å². The molecule has 0 aliphatic heterocycles. The van der Waals surface area contributed by atoms with Crippen molar-refractivity contribution in [3.05, 3.63) is 23.3 Å². The highest BCUT2D eigenvalue weighted by Gasteiger charge is 2.33. The zero-order valence-corrected chi connectivity index (χ0v) is 15.1. The van der Waals surface area contributed by atoms with Crippen LogP contribution in [-0.2, 0) is 4.79 Å². The number of nitrogens with zero attached hydrogens (tertiary/aromatic N) is 1. The minimum Gasteiger partial charge on any atom is -0.497 e. The molecule has 1 aromatic rings. The lowest BCUT2D eigenvalue weighted by Gasteiger charge is -2.36. The van der Waals surface area contributed by atoms with Crippen LogP contribution in [0.15, 0.2) is 12.1 Å². The smallest absolute Gasteiger partial charge is 0.282 e. The largest absolute Gasteiger partial charge is 0.497 e. The number of anilines is 1. The number of aryl methyl sites for hydroxylation is 2. The van der Waals surface area contributed by atoms with Crippen molar-refractivity contribution in [1.82, 2.24) is 0 Å². The summed E-state index contributed by atoms with van der Waals surface area (Å²) >= 11 is 0. The van der Waals surface area contributed by atoms with Crippen LogP contribution in [0.5, 0.6) is 5.75 Å². The van der Waals surface area contributed by atoms with Gasteiger partial charge in [0.15, 0.2) is 6.04 Å². The second-order valence-corrected chi connectivity index (χ2v) is 6.52. The van der Waals surface area contributed by atoms with E-state index in [1.165, 1.54) is 0 Å². The molecule has 0 aliphatic rings. The highest BCUT2D eigenvalue weighted by Crippen LogP contribution is 2.27. The Balaban J connectivity index is 3.04. The SMILES string of the molecule is CCCC(C(=O)Nc1c(C)cc(OC)cc1C)[N+](C)(C)CC. The molecule has 22 heavy (non-hydrogen) atoms. The normalized spacial score (nSPS) is 12.9. The van der Waals surface area contributed by atoms with Gasteiger partial charge in [-0.25, -0.2) is 0 Å². The van der Waals surface area contributed by atoms with E-state index in [1.807, 2.05) is 26.0 Å². The van der Waals surface area contributed by atoms with Gasteiger partial charge in [0.25, 0.3) is 5.91 Å². The molecule has 0 radical (unpaired) electrons. The van der Waals surface area contributed by atoms with Gasteiger partial charge in [-0.1, -0.05) is 6.92 Å². The molecule has 0 aliphatic carbocycles. The van der Waals surface area contributed by atoms with E-state index in [-0.39, 0.29) is 11.9 Å². The molecule has 1 rings (SSSR count). The molecule has 1 N–H and O–H groups in total. The van der Waals surface area contributed by atoms with Gasteiger partial charge in [0, 0.05) is 12.1 Å². The molecule has 0 fully saturated rings. The van der Waals surface area contributed by atoms with Gasteiger partial charge >= 0.3 is 0 Å². The highest BCUT2D eigenvalue weighted by molar-refractivity contribution is 5.95. The van der Waals surface area contributed by atoms with Crippen molar-refractivity contribution in [2.45, 2.75) is 46.6 Å². The Morgan fingerprint density at radius 2 is 1.77 bits per heavy atom. The highest BCUT2D eigenvalue weighted by atomic mass is 16.5. The van der Waals surface area contributed by atoms with E-state index < -0.39 is 0 Å². The van der Waals surface area contributed by atoms with Gasteiger partial charge in [-0.3, -0.25) is 4.79 Å². The van der Waals surface area contributed by atoms with Crippen molar-refractivity contribution in [1.29, 1.82) is 0 Å². The topological polar surface area (TPSA) is 38.3 Å². The molecule has 1 amide bonds. The second-order valence-electron chi connectivity index (χ2n) is 6.52. The van der Waals surface area contributed by atoms with Gasteiger partial charge in [-0.2, -0.15) is 0 Å². The number of hydrogen-bond acceptors (Lipinski definition) is 2. The van der Waals surface area contributed by atoms with Crippen LogP contribution in [0.3, 0.4) is 0 Å². The Labute approximate surface area is 135 Å². The molecule has 1 unspecified atom stereocenters.